The molecule has 0 saturated carbocycles. The van der Waals surface area contributed by atoms with Gasteiger partial charge in [0.1, 0.15) is 0 Å². The van der Waals surface area contributed by atoms with Crippen LogP contribution in [-0.4, -0.2) is 25.2 Å². The molecule has 0 aliphatic carbocycles. The number of rotatable bonds is 6. The number of carbonyl (C=O) groups is 1. The van der Waals surface area contributed by atoms with E-state index < -0.39 is 18.5 Å². The van der Waals surface area contributed by atoms with Crippen molar-refractivity contribution in [1.29, 1.82) is 0 Å². The predicted octanol–water partition coefficient (Wildman–Crippen LogP) is 1.04. The van der Waals surface area contributed by atoms with Crippen molar-refractivity contribution >= 4 is 5.91 Å². The van der Waals surface area contributed by atoms with Gasteiger partial charge in [0.15, 0.2) is 0 Å². The van der Waals surface area contributed by atoms with Gasteiger partial charge in [-0.2, -0.15) is 13.2 Å². The number of nitrogens with two attached hydrogens (primary N) is 1. The Morgan fingerprint density at radius 2 is 2.07 bits per heavy atom. The molecule has 0 aromatic heterocycles. The van der Waals surface area contributed by atoms with Gasteiger partial charge in [-0.1, -0.05) is 6.92 Å². The van der Waals surface area contributed by atoms with Crippen molar-refractivity contribution in [2.45, 2.75) is 25.9 Å². The van der Waals surface area contributed by atoms with E-state index in [1.807, 2.05) is 0 Å². The summed E-state index contributed by atoms with van der Waals surface area (Å²) in [6.07, 6.45) is -4.88. The fourth-order valence-corrected chi connectivity index (χ4v) is 0.833. The maximum atomic E-state index is 11.7. The molecular weight excluding hydrogens is 197 g/mol. The van der Waals surface area contributed by atoms with Crippen molar-refractivity contribution in [1.82, 2.24) is 5.32 Å². The summed E-state index contributed by atoms with van der Waals surface area (Å²) in [5.74, 6) is -0.797. The summed E-state index contributed by atoms with van der Waals surface area (Å²) in [5.41, 5.74) is 4.96. The van der Waals surface area contributed by atoms with Crippen LogP contribution in [0.3, 0.4) is 0 Å². The molecule has 0 fully saturated rings. The molecule has 14 heavy (non-hydrogen) atoms. The zero-order chi connectivity index (χ0) is 11.2. The number of primary amides is 1. The van der Waals surface area contributed by atoms with Crippen LogP contribution in [0.25, 0.3) is 0 Å². The number of nitrogens with one attached hydrogen (secondary N) is 1. The van der Waals surface area contributed by atoms with Gasteiger partial charge in [0.2, 0.25) is 5.91 Å². The highest BCUT2D eigenvalue weighted by molar-refractivity contribution is 5.76. The lowest BCUT2D eigenvalue weighted by Crippen LogP contribution is -2.31. The normalized spacial score (nSPS) is 14.0. The first kappa shape index (κ1) is 13.2. The molecule has 3 N–H and O–H groups in total. The minimum atomic E-state index is -4.10. The number of halogens is 3. The van der Waals surface area contributed by atoms with Crippen molar-refractivity contribution in [2.75, 3.05) is 13.1 Å². The van der Waals surface area contributed by atoms with Gasteiger partial charge in [-0.25, -0.2) is 0 Å². The van der Waals surface area contributed by atoms with Crippen LogP contribution in [0.1, 0.15) is 19.8 Å². The largest absolute Gasteiger partial charge is 0.389 e. The lowest BCUT2D eigenvalue weighted by atomic mass is 10.1. The van der Waals surface area contributed by atoms with Crippen LogP contribution in [0, 0.1) is 5.92 Å². The van der Waals surface area contributed by atoms with Gasteiger partial charge >= 0.3 is 6.18 Å². The van der Waals surface area contributed by atoms with Gasteiger partial charge in [0.25, 0.3) is 0 Å². The summed E-state index contributed by atoms with van der Waals surface area (Å²) >= 11 is 0. The first-order valence-electron chi connectivity index (χ1n) is 4.39. The molecular formula is C8H15F3N2O. The Morgan fingerprint density at radius 1 is 1.50 bits per heavy atom. The Bertz CT molecular complexity index is 182. The number of alkyl halides is 3. The summed E-state index contributed by atoms with van der Waals surface area (Å²) < 4.78 is 35.0. The number of carbonyl (C=O) groups excluding carboxylic acids is 1. The zero-order valence-corrected chi connectivity index (χ0v) is 8.03. The molecule has 84 valence electrons. The zero-order valence-electron chi connectivity index (χ0n) is 8.03. The van der Waals surface area contributed by atoms with Crippen molar-refractivity contribution < 1.29 is 18.0 Å². The fraction of sp³-hybridized carbons (Fsp3) is 0.875. The van der Waals surface area contributed by atoms with Gasteiger partial charge in [-0.15, -0.1) is 0 Å². The molecule has 0 radical (unpaired) electrons. The van der Waals surface area contributed by atoms with Crippen LogP contribution in [0.5, 0.6) is 0 Å². The number of hydrogen-bond donors (Lipinski definition) is 2. The quantitative estimate of drug-likeness (QED) is 0.646. The summed E-state index contributed by atoms with van der Waals surface area (Å²) in [5, 5.41) is 2.74. The molecule has 0 aromatic rings. The molecule has 1 atom stereocenters. The van der Waals surface area contributed by atoms with Gasteiger partial charge < -0.3 is 11.1 Å². The molecule has 0 heterocycles. The number of amides is 1. The van der Waals surface area contributed by atoms with Gasteiger partial charge in [0, 0.05) is 18.9 Å². The molecule has 1 unspecified atom stereocenters. The number of hydrogen-bond acceptors (Lipinski definition) is 2. The average molecular weight is 212 g/mol. The van der Waals surface area contributed by atoms with E-state index in [9.17, 15) is 18.0 Å². The smallest absolute Gasteiger partial charge is 0.369 e. The highest BCUT2D eigenvalue weighted by atomic mass is 19.4. The molecule has 0 aromatic carbocycles. The lowest BCUT2D eigenvalue weighted by Gasteiger charge is -2.09. The van der Waals surface area contributed by atoms with E-state index in [1.165, 1.54) is 0 Å². The maximum Gasteiger partial charge on any atom is 0.389 e. The second-order valence-corrected chi connectivity index (χ2v) is 3.23. The highest BCUT2D eigenvalue weighted by Crippen LogP contribution is 2.20. The summed E-state index contributed by atoms with van der Waals surface area (Å²) in [7, 11) is 0. The van der Waals surface area contributed by atoms with Crippen molar-refractivity contribution in [3.05, 3.63) is 0 Å². The minimum Gasteiger partial charge on any atom is -0.369 e. The maximum absolute atomic E-state index is 11.7. The first-order chi connectivity index (χ1) is 6.33. The van der Waals surface area contributed by atoms with Crippen LogP contribution < -0.4 is 11.1 Å². The molecule has 0 aliphatic rings. The topological polar surface area (TPSA) is 55.1 Å². The molecule has 0 rings (SSSR count). The Balaban J connectivity index is 3.35. The summed E-state index contributed by atoms with van der Waals surface area (Å²) in [6, 6.07) is 0. The molecule has 0 bridgehead atoms. The Hall–Kier alpha value is -0.780. The van der Waals surface area contributed by atoms with E-state index >= 15 is 0 Å². The average Bonchev–Trinajstić information content (AvgIpc) is 2.01. The Labute approximate surface area is 80.8 Å². The summed E-state index contributed by atoms with van der Waals surface area (Å²) in [6.45, 7) is 2.20. The molecule has 0 saturated heterocycles. The van der Waals surface area contributed by atoms with Crippen LogP contribution in [0.4, 0.5) is 13.2 Å². The van der Waals surface area contributed by atoms with Crippen LogP contribution in [-0.2, 0) is 4.79 Å². The second kappa shape index (κ2) is 5.85. The Kier molecular flexibility index (Phi) is 5.52. The fourth-order valence-electron chi connectivity index (χ4n) is 0.833. The first-order valence-corrected chi connectivity index (χ1v) is 4.39. The second-order valence-electron chi connectivity index (χ2n) is 3.23. The predicted molar refractivity (Wildman–Crippen MR) is 46.5 cm³/mol. The standard InChI is InChI=1S/C8H15F3N2O/c1-6(7(12)14)5-13-4-2-3-8(9,10)11/h6,13H,2-5H2,1H3,(H2,12,14). The molecule has 0 aliphatic heterocycles. The van der Waals surface area contributed by atoms with Crippen LogP contribution in [0.15, 0.2) is 0 Å². The lowest BCUT2D eigenvalue weighted by molar-refractivity contribution is -0.135. The third-order valence-electron chi connectivity index (χ3n) is 1.75. The third-order valence-corrected chi connectivity index (χ3v) is 1.75. The van der Waals surface area contributed by atoms with Crippen LogP contribution in [0.2, 0.25) is 0 Å². The van der Waals surface area contributed by atoms with E-state index in [2.05, 4.69) is 5.32 Å². The van der Waals surface area contributed by atoms with Crippen molar-refractivity contribution in [2.24, 2.45) is 11.7 Å². The summed E-state index contributed by atoms with van der Waals surface area (Å²) in [4.78, 5) is 10.5. The molecule has 6 heteroatoms. The SMILES string of the molecule is CC(CNCCCC(F)(F)F)C(N)=O. The Morgan fingerprint density at radius 3 is 2.50 bits per heavy atom. The van der Waals surface area contributed by atoms with Crippen molar-refractivity contribution in [3.63, 3.8) is 0 Å². The van der Waals surface area contributed by atoms with Gasteiger partial charge in [0.05, 0.1) is 0 Å². The monoisotopic (exact) mass is 212 g/mol. The van der Waals surface area contributed by atoms with E-state index in [4.69, 9.17) is 5.73 Å². The van der Waals surface area contributed by atoms with Gasteiger partial charge in [-0.3, -0.25) is 4.79 Å². The molecule has 0 spiro atoms. The van der Waals surface area contributed by atoms with Crippen molar-refractivity contribution in [3.8, 4) is 0 Å². The van der Waals surface area contributed by atoms with E-state index in [1.54, 1.807) is 6.92 Å². The third kappa shape index (κ3) is 7.85. The molecule has 1 amide bonds. The van der Waals surface area contributed by atoms with E-state index in [-0.39, 0.29) is 18.9 Å². The minimum absolute atomic E-state index is 0.0228. The highest BCUT2D eigenvalue weighted by Gasteiger charge is 2.25. The van der Waals surface area contributed by atoms with E-state index in [0.717, 1.165) is 0 Å². The van der Waals surface area contributed by atoms with Gasteiger partial charge in [-0.05, 0) is 13.0 Å². The van der Waals surface area contributed by atoms with E-state index in [0.29, 0.717) is 6.54 Å². The van der Waals surface area contributed by atoms with Crippen LogP contribution >= 0.6 is 0 Å². The molecule has 3 nitrogen and oxygen atoms in total.